The Balaban J connectivity index is 0.00000341. The Bertz CT molecular complexity index is 881. The molecule has 3 heterocycles. The summed E-state index contributed by atoms with van der Waals surface area (Å²) < 4.78 is 6.74. The molecule has 0 aromatic carbocycles. The van der Waals surface area contributed by atoms with E-state index in [0.29, 0.717) is 0 Å². The smallest absolute Gasteiger partial charge is 0.545 e. The number of nitrogens with one attached hydrogen (secondary N) is 1. The maximum atomic E-state index is 12.8. The number of hydrogen-bond donors (Lipinski definition) is 1. The summed E-state index contributed by atoms with van der Waals surface area (Å²) in [6.45, 7) is 9.52. The Hall–Kier alpha value is -1.95. The molecule has 0 radical (unpaired) electrons. The van der Waals surface area contributed by atoms with Crippen molar-refractivity contribution < 1.29 is 38.3 Å². The molecule has 9 nitrogen and oxygen atoms in total. The number of likely N-dealkylation sites (tertiary alicyclic amines) is 2. The summed E-state index contributed by atoms with van der Waals surface area (Å²) in [5, 5.41) is 15.0. The average Bonchev–Trinajstić information content (AvgIpc) is 2.59. The Morgan fingerprint density at radius 2 is 1.81 bits per heavy atom. The molecule has 0 unspecified atom stereocenters. The summed E-state index contributed by atoms with van der Waals surface area (Å²) in [5.74, 6) is -1.34. The fourth-order valence-electron chi connectivity index (χ4n) is 3.99. The summed E-state index contributed by atoms with van der Waals surface area (Å²) in [7, 11) is 2.05. The zero-order valence-electron chi connectivity index (χ0n) is 19.4. The molecule has 1 aromatic rings. The predicted octanol–water partition coefficient (Wildman–Crippen LogP) is -2.31. The predicted molar refractivity (Wildman–Crippen MR) is 111 cm³/mol. The second-order valence-electron chi connectivity index (χ2n) is 9.65. The monoisotopic (exact) mass is 426 g/mol. The fraction of sp³-hybridized carbons (Fsp3) is 0.667. The van der Waals surface area contributed by atoms with Crippen LogP contribution in [0.25, 0.3) is 0 Å². The normalized spacial score (nSPS) is 19.2. The van der Waals surface area contributed by atoms with Crippen LogP contribution >= 0.6 is 0 Å². The van der Waals surface area contributed by atoms with E-state index in [0.717, 1.165) is 25.9 Å². The van der Waals surface area contributed by atoms with E-state index in [1.54, 1.807) is 20.8 Å². The van der Waals surface area contributed by atoms with E-state index in [2.05, 4.69) is 10.2 Å². The third-order valence-corrected chi connectivity index (χ3v) is 5.65. The molecule has 2 saturated heterocycles. The van der Waals surface area contributed by atoms with Crippen LogP contribution in [0.2, 0.25) is 0 Å². The van der Waals surface area contributed by atoms with E-state index in [-0.39, 0.29) is 54.8 Å². The number of amides is 1. The molecule has 2 aliphatic heterocycles. The number of pyridine rings is 1. The molecular formula is C21H31LiN4O5. The van der Waals surface area contributed by atoms with E-state index < -0.39 is 23.2 Å². The standard InChI is InChI=1S/C21H32N4O5.Li/c1-20(2,3)30-19(29)24-12-21(4,13-24)25-11-15(18(27)28)16(10-17(25)26)22-14-6-8-23(5)9-7-14;/h10-11,14,22H,6-9,12-13H2,1-5H3,(H,27,28);/q;+1/p-1. The number of anilines is 1. The van der Waals surface area contributed by atoms with Gasteiger partial charge in [0, 0.05) is 37.0 Å². The maximum Gasteiger partial charge on any atom is 1.00 e. The van der Waals surface area contributed by atoms with Crippen molar-refractivity contribution in [3.05, 3.63) is 28.2 Å². The number of rotatable bonds is 4. The number of aromatic carboxylic acids is 1. The number of carboxylic acids is 1. The number of aromatic nitrogens is 1. The summed E-state index contributed by atoms with van der Waals surface area (Å²) in [6.07, 6.45) is 2.62. The second-order valence-corrected chi connectivity index (χ2v) is 9.65. The van der Waals surface area contributed by atoms with Crippen LogP contribution in [0.5, 0.6) is 0 Å². The first-order valence-electron chi connectivity index (χ1n) is 10.3. The summed E-state index contributed by atoms with van der Waals surface area (Å²) >= 11 is 0. The number of carbonyl (C=O) groups is 2. The number of hydrogen-bond acceptors (Lipinski definition) is 7. The maximum absolute atomic E-state index is 12.8. The van der Waals surface area contributed by atoms with Crippen LogP contribution in [0, 0.1) is 0 Å². The molecule has 0 bridgehead atoms. The van der Waals surface area contributed by atoms with Gasteiger partial charge in [-0.2, -0.15) is 0 Å². The number of carboxylic acid groups (broad SMARTS) is 1. The molecule has 10 heteroatoms. The SMILES string of the molecule is CN1CCC(Nc2cc(=O)n(C3(C)CN(C(=O)OC(C)(C)C)C3)cc2C(=O)[O-])CC1.[Li+]. The van der Waals surface area contributed by atoms with Gasteiger partial charge in [-0.25, -0.2) is 4.79 Å². The summed E-state index contributed by atoms with van der Waals surface area (Å²) in [5.41, 5.74) is -1.39. The molecule has 2 aliphatic rings. The second kappa shape index (κ2) is 9.27. The molecule has 0 saturated carbocycles. The van der Waals surface area contributed by atoms with Crippen molar-refractivity contribution in [1.29, 1.82) is 0 Å². The van der Waals surface area contributed by atoms with Crippen LogP contribution in [0.1, 0.15) is 50.9 Å². The molecule has 1 aromatic heterocycles. The van der Waals surface area contributed by atoms with Gasteiger partial charge in [0.05, 0.1) is 17.2 Å². The van der Waals surface area contributed by atoms with E-state index in [9.17, 15) is 19.5 Å². The topological polar surface area (TPSA) is 107 Å². The van der Waals surface area contributed by atoms with Gasteiger partial charge >= 0.3 is 25.0 Å². The van der Waals surface area contributed by atoms with Crippen molar-refractivity contribution in [3.63, 3.8) is 0 Å². The van der Waals surface area contributed by atoms with Crippen molar-refractivity contribution >= 4 is 17.7 Å². The van der Waals surface area contributed by atoms with Gasteiger partial charge in [0.25, 0.3) is 5.56 Å². The van der Waals surface area contributed by atoms with Gasteiger partial charge in [-0.15, -0.1) is 0 Å². The van der Waals surface area contributed by atoms with Crippen LogP contribution in [0.4, 0.5) is 10.5 Å². The van der Waals surface area contributed by atoms with E-state index >= 15 is 0 Å². The Morgan fingerprint density at radius 3 is 2.32 bits per heavy atom. The van der Waals surface area contributed by atoms with Crippen LogP contribution in [0.15, 0.2) is 17.1 Å². The summed E-state index contributed by atoms with van der Waals surface area (Å²) in [6, 6.07) is 1.43. The zero-order chi connectivity index (χ0) is 22.3. The number of nitrogens with zero attached hydrogens (tertiary/aromatic N) is 3. The van der Waals surface area contributed by atoms with Crippen LogP contribution < -0.4 is 34.8 Å². The van der Waals surface area contributed by atoms with Gasteiger partial charge in [0.1, 0.15) is 5.60 Å². The minimum Gasteiger partial charge on any atom is -0.545 e. The van der Waals surface area contributed by atoms with Gasteiger partial charge in [-0.05, 0) is 60.7 Å². The number of ether oxygens (including phenoxy) is 1. The van der Waals surface area contributed by atoms with Crippen molar-refractivity contribution in [2.75, 3.05) is 38.5 Å². The number of carbonyl (C=O) groups excluding carboxylic acids is 2. The quantitative estimate of drug-likeness (QED) is 0.539. The molecule has 1 amide bonds. The van der Waals surface area contributed by atoms with E-state index in [1.807, 2.05) is 14.0 Å². The molecule has 0 atom stereocenters. The molecule has 0 aliphatic carbocycles. The number of piperidine rings is 1. The Kier molecular flexibility index (Phi) is 7.57. The molecule has 0 spiro atoms. The zero-order valence-corrected chi connectivity index (χ0v) is 19.4. The largest absolute Gasteiger partial charge is 1.00 e. The minimum atomic E-state index is -1.34. The molecule has 166 valence electrons. The third kappa shape index (κ3) is 5.85. The first-order valence-corrected chi connectivity index (χ1v) is 10.3. The van der Waals surface area contributed by atoms with Gasteiger partial charge in [-0.1, -0.05) is 0 Å². The van der Waals surface area contributed by atoms with Crippen molar-refractivity contribution in [2.45, 2.75) is 57.7 Å². The van der Waals surface area contributed by atoms with Crippen molar-refractivity contribution in [2.24, 2.45) is 0 Å². The molecule has 2 fully saturated rings. The average molecular weight is 426 g/mol. The van der Waals surface area contributed by atoms with E-state index in [4.69, 9.17) is 4.74 Å². The molecule has 1 N–H and O–H groups in total. The van der Waals surface area contributed by atoms with Crippen molar-refractivity contribution in [3.8, 4) is 0 Å². The third-order valence-electron chi connectivity index (χ3n) is 5.65. The van der Waals surface area contributed by atoms with Crippen molar-refractivity contribution in [1.82, 2.24) is 14.4 Å². The first-order chi connectivity index (χ1) is 13.9. The van der Waals surface area contributed by atoms with Crippen LogP contribution in [-0.4, -0.2) is 71.3 Å². The first kappa shape index (κ1) is 25.3. The van der Waals surface area contributed by atoms with Gasteiger partial charge < -0.3 is 34.3 Å². The van der Waals surface area contributed by atoms with E-state index in [1.165, 1.54) is 21.7 Å². The Morgan fingerprint density at radius 1 is 1.23 bits per heavy atom. The molecule has 3 rings (SSSR count). The summed E-state index contributed by atoms with van der Waals surface area (Å²) in [4.78, 5) is 40.5. The molecular weight excluding hydrogens is 395 g/mol. The minimum absolute atomic E-state index is 0. The van der Waals surface area contributed by atoms with Gasteiger partial charge in [-0.3, -0.25) is 4.79 Å². The van der Waals surface area contributed by atoms with Crippen LogP contribution in [0.3, 0.4) is 0 Å². The van der Waals surface area contributed by atoms with Gasteiger partial charge in [0.2, 0.25) is 0 Å². The fourth-order valence-corrected chi connectivity index (χ4v) is 3.99. The van der Waals surface area contributed by atoms with Gasteiger partial charge in [0.15, 0.2) is 0 Å². The Labute approximate surface area is 194 Å². The van der Waals surface area contributed by atoms with Crippen LogP contribution in [-0.2, 0) is 10.3 Å². The molecule has 31 heavy (non-hydrogen) atoms.